The zero-order chi connectivity index (χ0) is 20.9. The van der Waals surface area contributed by atoms with Crippen LogP contribution in [0.5, 0.6) is 0 Å². The van der Waals surface area contributed by atoms with Gasteiger partial charge in [-0.25, -0.2) is 9.97 Å². The van der Waals surface area contributed by atoms with Crippen LogP contribution < -0.4 is 16.0 Å². The number of pyridine rings is 3. The lowest BCUT2D eigenvalue weighted by atomic mass is 10.1. The van der Waals surface area contributed by atoms with Gasteiger partial charge in [-0.05, 0) is 49.0 Å². The fraction of sp³-hybridized carbons (Fsp3) is 0.273. The van der Waals surface area contributed by atoms with Crippen LogP contribution in [0.3, 0.4) is 0 Å². The second-order valence-corrected chi connectivity index (χ2v) is 7.34. The number of likely N-dealkylation sites (N-methyl/N-ethyl adjacent to an activating group) is 1. The molecule has 1 fully saturated rings. The number of anilines is 2. The van der Waals surface area contributed by atoms with Gasteiger partial charge in [0, 0.05) is 45.1 Å². The maximum atomic E-state index is 11.9. The third-order valence-electron chi connectivity index (χ3n) is 5.19. The molecule has 0 saturated carbocycles. The summed E-state index contributed by atoms with van der Waals surface area (Å²) < 4.78 is 0. The summed E-state index contributed by atoms with van der Waals surface area (Å²) in [6.45, 7) is 4.43. The standard InChI is InChI=1S/C22H25N7O/c1-28-11-13-29(14-12-28)20-4-2-3-18(26-20)19-6-5-17(21(23)30)22(27-19)25-15-16-7-9-24-10-8-16/h2-10H,11-15H2,1H3,(H2,23,30)(H,25,27). The number of rotatable bonds is 6. The number of carbonyl (C=O) groups excluding carboxylic acids is 1. The number of hydrogen-bond acceptors (Lipinski definition) is 7. The van der Waals surface area contributed by atoms with Gasteiger partial charge in [0.25, 0.3) is 5.91 Å². The van der Waals surface area contributed by atoms with Gasteiger partial charge in [0.05, 0.1) is 17.0 Å². The van der Waals surface area contributed by atoms with Crippen LogP contribution in [0.1, 0.15) is 15.9 Å². The van der Waals surface area contributed by atoms with Crippen LogP contribution >= 0.6 is 0 Å². The van der Waals surface area contributed by atoms with Crippen molar-refractivity contribution >= 4 is 17.5 Å². The van der Waals surface area contributed by atoms with Gasteiger partial charge in [-0.15, -0.1) is 0 Å². The van der Waals surface area contributed by atoms with Crippen molar-refractivity contribution in [3.05, 3.63) is 66.0 Å². The molecule has 0 aromatic carbocycles. The molecule has 1 aliphatic heterocycles. The predicted octanol–water partition coefficient (Wildman–Crippen LogP) is 2.00. The summed E-state index contributed by atoms with van der Waals surface area (Å²) in [6, 6.07) is 13.2. The first-order valence-electron chi connectivity index (χ1n) is 9.95. The van der Waals surface area contributed by atoms with E-state index in [0.717, 1.165) is 43.3 Å². The molecule has 1 aliphatic rings. The fourth-order valence-electron chi connectivity index (χ4n) is 3.40. The highest BCUT2D eigenvalue weighted by atomic mass is 16.1. The van der Waals surface area contributed by atoms with Crippen molar-refractivity contribution < 1.29 is 4.79 Å². The van der Waals surface area contributed by atoms with Crippen molar-refractivity contribution in [2.45, 2.75) is 6.54 Å². The van der Waals surface area contributed by atoms with Crippen LogP contribution in [0.25, 0.3) is 11.4 Å². The van der Waals surface area contributed by atoms with E-state index in [9.17, 15) is 4.79 Å². The topological polar surface area (TPSA) is 100 Å². The van der Waals surface area contributed by atoms with Crippen molar-refractivity contribution in [2.24, 2.45) is 5.73 Å². The molecular formula is C22H25N7O. The molecule has 4 rings (SSSR count). The first kappa shape index (κ1) is 19.8. The summed E-state index contributed by atoms with van der Waals surface area (Å²) in [7, 11) is 2.13. The molecule has 8 nitrogen and oxygen atoms in total. The first-order chi connectivity index (χ1) is 14.6. The van der Waals surface area contributed by atoms with Gasteiger partial charge in [0.2, 0.25) is 0 Å². The van der Waals surface area contributed by atoms with E-state index < -0.39 is 5.91 Å². The Bertz CT molecular complexity index is 1020. The Labute approximate surface area is 175 Å². The number of nitrogens with zero attached hydrogens (tertiary/aromatic N) is 5. The molecule has 0 bridgehead atoms. The molecule has 4 heterocycles. The van der Waals surface area contributed by atoms with Crippen LogP contribution in [-0.4, -0.2) is 59.0 Å². The summed E-state index contributed by atoms with van der Waals surface area (Å²) in [5.41, 5.74) is 8.38. The Balaban J connectivity index is 1.59. The van der Waals surface area contributed by atoms with Gasteiger partial charge < -0.3 is 20.9 Å². The molecule has 3 aromatic rings. The lowest BCUT2D eigenvalue weighted by Crippen LogP contribution is -2.44. The molecule has 1 saturated heterocycles. The van der Waals surface area contributed by atoms with Crippen LogP contribution in [0.15, 0.2) is 54.9 Å². The van der Waals surface area contributed by atoms with E-state index in [1.165, 1.54) is 0 Å². The lowest BCUT2D eigenvalue weighted by Gasteiger charge is -2.33. The molecule has 0 unspecified atom stereocenters. The van der Waals surface area contributed by atoms with Crippen LogP contribution in [-0.2, 0) is 6.54 Å². The van der Waals surface area contributed by atoms with Crippen molar-refractivity contribution in [1.29, 1.82) is 0 Å². The number of primary amides is 1. The molecule has 3 N–H and O–H groups in total. The molecule has 0 atom stereocenters. The van der Waals surface area contributed by atoms with Gasteiger partial charge in [-0.2, -0.15) is 0 Å². The fourth-order valence-corrected chi connectivity index (χ4v) is 3.40. The molecular weight excluding hydrogens is 378 g/mol. The van der Waals surface area contributed by atoms with E-state index in [1.54, 1.807) is 24.5 Å². The van der Waals surface area contributed by atoms with E-state index >= 15 is 0 Å². The van der Waals surface area contributed by atoms with Gasteiger partial charge in [-0.1, -0.05) is 6.07 Å². The molecule has 30 heavy (non-hydrogen) atoms. The Kier molecular flexibility index (Phi) is 5.85. The normalized spacial score (nSPS) is 14.5. The van der Waals surface area contributed by atoms with Crippen molar-refractivity contribution in [2.75, 3.05) is 43.4 Å². The second kappa shape index (κ2) is 8.87. The lowest BCUT2D eigenvalue weighted by molar-refractivity contribution is 0.100. The smallest absolute Gasteiger partial charge is 0.252 e. The van der Waals surface area contributed by atoms with Crippen molar-refractivity contribution in [1.82, 2.24) is 19.9 Å². The van der Waals surface area contributed by atoms with Crippen molar-refractivity contribution in [3.63, 3.8) is 0 Å². The third kappa shape index (κ3) is 4.55. The quantitative estimate of drug-likeness (QED) is 0.649. The van der Waals surface area contributed by atoms with E-state index in [1.807, 2.05) is 30.3 Å². The minimum Gasteiger partial charge on any atom is -0.365 e. The molecule has 8 heteroatoms. The number of piperazine rings is 1. The Morgan fingerprint density at radius 1 is 1.00 bits per heavy atom. The van der Waals surface area contributed by atoms with Gasteiger partial charge in [-0.3, -0.25) is 9.78 Å². The van der Waals surface area contributed by atoms with Crippen molar-refractivity contribution in [3.8, 4) is 11.4 Å². The molecule has 0 aliphatic carbocycles. The van der Waals surface area contributed by atoms with Gasteiger partial charge in [0.15, 0.2) is 0 Å². The average Bonchev–Trinajstić information content (AvgIpc) is 2.78. The summed E-state index contributed by atoms with van der Waals surface area (Å²) in [5.74, 6) is 0.863. The highest BCUT2D eigenvalue weighted by molar-refractivity contribution is 5.98. The largest absolute Gasteiger partial charge is 0.365 e. The van der Waals surface area contributed by atoms with Gasteiger partial charge in [0.1, 0.15) is 11.6 Å². The number of nitrogens with one attached hydrogen (secondary N) is 1. The molecule has 0 spiro atoms. The van der Waals surface area contributed by atoms with Gasteiger partial charge >= 0.3 is 0 Å². The zero-order valence-corrected chi connectivity index (χ0v) is 17.0. The number of nitrogens with two attached hydrogens (primary N) is 1. The van der Waals surface area contributed by atoms with Crippen LogP contribution in [0.2, 0.25) is 0 Å². The SMILES string of the molecule is CN1CCN(c2cccc(-c3ccc(C(N)=O)c(NCc4ccncc4)n3)n2)CC1. The molecule has 0 radical (unpaired) electrons. The van der Waals surface area contributed by atoms with E-state index in [-0.39, 0.29) is 0 Å². The average molecular weight is 403 g/mol. The molecule has 1 amide bonds. The molecule has 3 aromatic heterocycles. The summed E-state index contributed by atoms with van der Waals surface area (Å²) in [5, 5.41) is 3.22. The Morgan fingerprint density at radius 3 is 2.47 bits per heavy atom. The Morgan fingerprint density at radius 2 is 1.73 bits per heavy atom. The monoisotopic (exact) mass is 403 g/mol. The minimum atomic E-state index is -0.523. The Hall–Kier alpha value is -3.52. The predicted molar refractivity (Wildman–Crippen MR) is 117 cm³/mol. The number of amides is 1. The maximum Gasteiger partial charge on any atom is 0.252 e. The highest BCUT2D eigenvalue weighted by Gasteiger charge is 2.17. The second-order valence-electron chi connectivity index (χ2n) is 7.34. The van der Waals surface area contributed by atoms with Crippen LogP contribution in [0.4, 0.5) is 11.6 Å². The molecule has 154 valence electrons. The number of aromatic nitrogens is 3. The summed E-state index contributed by atoms with van der Waals surface area (Å²) >= 11 is 0. The van der Waals surface area contributed by atoms with E-state index in [0.29, 0.717) is 23.6 Å². The summed E-state index contributed by atoms with van der Waals surface area (Å²) in [6.07, 6.45) is 3.45. The summed E-state index contributed by atoms with van der Waals surface area (Å²) in [4.78, 5) is 30.0. The zero-order valence-electron chi connectivity index (χ0n) is 17.0. The minimum absolute atomic E-state index is 0.350. The number of hydrogen-bond donors (Lipinski definition) is 2. The first-order valence-corrected chi connectivity index (χ1v) is 9.95. The van der Waals surface area contributed by atoms with Crippen LogP contribution in [0, 0.1) is 0 Å². The maximum absolute atomic E-state index is 11.9. The number of carbonyl (C=O) groups is 1. The highest BCUT2D eigenvalue weighted by Crippen LogP contribution is 2.23. The van der Waals surface area contributed by atoms with E-state index in [2.05, 4.69) is 32.1 Å². The third-order valence-corrected chi connectivity index (χ3v) is 5.19. The van der Waals surface area contributed by atoms with E-state index in [4.69, 9.17) is 10.7 Å².